The van der Waals surface area contributed by atoms with Crippen molar-refractivity contribution in [2.24, 2.45) is 5.73 Å². The minimum atomic E-state index is -0.162. The van der Waals surface area contributed by atoms with Crippen molar-refractivity contribution in [3.05, 3.63) is 42.5 Å². The molecule has 0 spiro atoms. The van der Waals surface area contributed by atoms with E-state index >= 15 is 0 Å². The molecule has 0 saturated heterocycles. The zero-order valence-corrected chi connectivity index (χ0v) is 10.7. The first kappa shape index (κ1) is 14.3. The predicted octanol–water partition coefficient (Wildman–Crippen LogP) is 1.26. The van der Waals surface area contributed by atoms with Crippen LogP contribution in [0.15, 0.2) is 36.9 Å². The van der Waals surface area contributed by atoms with Gasteiger partial charge >= 0.3 is 0 Å². The molecule has 1 atom stereocenters. The summed E-state index contributed by atoms with van der Waals surface area (Å²) in [5.41, 5.74) is 6.79. The molecular formula is C14H20N2O2. The third kappa shape index (κ3) is 5.01. The molecule has 1 aromatic carbocycles. The fraction of sp³-hybridized carbons (Fsp3) is 0.357. The Kier molecular flexibility index (Phi) is 5.94. The molecule has 0 aliphatic rings. The van der Waals surface area contributed by atoms with E-state index in [4.69, 9.17) is 10.5 Å². The number of nitrogens with two attached hydrogens (primary N) is 1. The highest BCUT2D eigenvalue weighted by molar-refractivity contribution is 5.77. The van der Waals surface area contributed by atoms with Crippen LogP contribution in [-0.2, 0) is 11.2 Å². The van der Waals surface area contributed by atoms with Gasteiger partial charge < -0.3 is 15.8 Å². The quantitative estimate of drug-likeness (QED) is 0.714. The number of para-hydroxylation sites is 1. The Bertz CT molecular complexity index is 403. The number of rotatable bonds is 7. The van der Waals surface area contributed by atoms with Crippen LogP contribution in [0.1, 0.15) is 12.5 Å². The van der Waals surface area contributed by atoms with Crippen molar-refractivity contribution in [3.8, 4) is 5.75 Å². The standard InChI is InChI=1S/C14H20N2O2/c1-3-8-16-14(17)10-18-13-7-5-4-6-12(13)9-11(2)15/h3-7,11H,1,8-10,15H2,2H3,(H,16,17). The van der Waals surface area contributed by atoms with Crippen LogP contribution < -0.4 is 15.8 Å². The highest BCUT2D eigenvalue weighted by Gasteiger charge is 2.07. The maximum Gasteiger partial charge on any atom is 0.258 e. The minimum Gasteiger partial charge on any atom is -0.483 e. The number of hydrogen-bond acceptors (Lipinski definition) is 3. The van der Waals surface area contributed by atoms with Crippen molar-refractivity contribution in [2.75, 3.05) is 13.2 Å². The summed E-state index contributed by atoms with van der Waals surface area (Å²) in [4.78, 5) is 11.4. The molecule has 1 aromatic rings. The van der Waals surface area contributed by atoms with Crippen LogP contribution in [0.4, 0.5) is 0 Å². The van der Waals surface area contributed by atoms with E-state index in [1.54, 1.807) is 6.08 Å². The van der Waals surface area contributed by atoms with E-state index in [2.05, 4.69) is 11.9 Å². The highest BCUT2D eigenvalue weighted by atomic mass is 16.5. The average Bonchev–Trinajstić information content (AvgIpc) is 2.34. The summed E-state index contributed by atoms with van der Waals surface area (Å²) in [5, 5.41) is 2.66. The number of amides is 1. The summed E-state index contributed by atoms with van der Waals surface area (Å²) < 4.78 is 5.49. The van der Waals surface area contributed by atoms with Crippen LogP contribution in [0.3, 0.4) is 0 Å². The lowest BCUT2D eigenvalue weighted by molar-refractivity contribution is -0.122. The van der Waals surface area contributed by atoms with Gasteiger partial charge in [0.15, 0.2) is 6.61 Å². The minimum absolute atomic E-state index is 0.00378. The molecule has 3 N–H and O–H groups in total. The Balaban J connectivity index is 2.55. The van der Waals surface area contributed by atoms with Crippen molar-refractivity contribution < 1.29 is 9.53 Å². The molecule has 18 heavy (non-hydrogen) atoms. The molecule has 0 aromatic heterocycles. The van der Waals surface area contributed by atoms with Crippen molar-refractivity contribution >= 4 is 5.91 Å². The average molecular weight is 248 g/mol. The van der Waals surface area contributed by atoms with E-state index < -0.39 is 0 Å². The highest BCUT2D eigenvalue weighted by Crippen LogP contribution is 2.19. The number of carbonyl (C=O) groups excluding carboxylic acids is 1. The van der Waals surface area contributed by atoms with Gasteiger partial charge in [-0.05, 0) is 25.0 Å². The lowest BCUT2D eigenvalue weighted by atomic mass is 10.1. The van der Waals surface area contributed by atoms with Crippen LogP contribution >= 0.6 is 0 Å². The second-order valence-electron chi connectivity index (χ2n) is 4.17. The molecule has 0 radical (unpaired) electrons. The molecule has 0 aliphatic heterocycles. The zero-order valence-electron chi connectivity index (χ0n) is 10.7. The van der Waals surface area contributed by atoms with Gasteiger partial charge in [0.1, 0.15) is 5.75 Å². The first-order valence-electron chi connectivity index (χ1n) is 5.97. The third-order valence-electron chi connectivity index (χ3n) is 2.32. The van der Waals surface area contributed by atoms with E-state index in [0.717, 1.165) is 12.0 Å². The molecule has 0 fully saturated rings. The van der Waals surface area contributed by atoms with Crippen LogP contribution in [0, 0.1) is 0 Å². The third-order valence-corrected chi connectivity index (χ3v) is 2.32. The summed E-state index contributed by atoms with van der Waals surface area (Å²) in [6.45, 7) is 5.92. The molecule has 0 bridgehead atoms. The molecule has 1 amide bonds. The van der Waals surface area contributed by atoms with Crippen LogP contribution in [0.5, 0.6) is 5.75 Å². The second-order valence-corrected chi connectivity index (χ2v) is 4.17. The van der Waals surface area contributed by atoms with Gasteiger partial charge in [-0.2, -0.15) is 0 Å². The molecule has 1 rings (SSSR count). The molecule has 0 heterocycles. The maximum atomic E-state index is 11.4. The van der Waals surface area contributed by atoms with E-state index in [1.165, 1.54) is 0 Å². The largest absolute Gasteiger partial charge is 0.483 e. The van der Waals surface area contributed by atoms with E-state index in [0.29, 0.717) is 12.3 Å². The van der Waals surface area contributed by atoms with Crippen LogP contribution in [0.25, 0.3) is 0 Å². The van der Waals surface area contributed by atoms with Crippen molar-refractivity contribution in [2.45, 2.75) is 19.4 Å². The monoisotopic (exact) mass is 248 g/mol. The number of ether oxygens (including phenoxy) is 1. The van der Waals surface area contributed by atoms with Gasteiger partial charge in [-0.25, -0.2) is 0 Å². The van der Waals surface area contributed by atoms with Gasteiger partial charge in [-0.3, -0.25) is 4.79 Å². The number of benzene rings is 1. The van der Waals surface area contributed by atoms with E-state index in [1.807, 2.05) is 31.2 Å². The first-order chi connectivity index (χ1) is 8.63. The summed E-state index contributed by atoms with van der Waals surface area (Å²) in [5.74, 6) is 0.550. The van der Waals surface area contributed by atoms with E-state index in [-0.39, 0.29) is 18.6 Å². The molecular weight excluding hydrogens is 228 g/mol. The predicted molar refractivity (Wildman–Crippen MR) is 72.5 cm³/mol. The summed E-state index contributed by atoms with van der Waals surface area (Å²) in [7, 11) is 0. The number of hydrogen-bond donors (Lipinski definition) is 2. The molecule has 1 unspecified atom stereocenters. The van der Waals surface area contributed by atoms with Gasteiger partial charge in [0, 0.05) is 12.6 Å². The summed E-state index contributed by atoms with van der Waals surface area (Å²) >= 11 is 0. The van der Waals surface area contributed by atoms with Gasteiger partial charge in [-0.1, -0.05) is 24.3 Å². The summed E-state index contributed by atoms with van der Waals surface area (Å²) in [6.07, 6.45) is 2.35. The van der Waals surface area contributed by atoms with Crippen LogP contribution in [0.2, 0.25) is 0 Å². The normalized spacial score (nSPS) is 11.7. The van der Waals surface area contributed by atoms with E-state index in [9.17, 15) is 4.79 Å². The first-order valence-corrected chi connectivity index (χ1v) is 5.97. The Morgan fingerprint density at radius 2 is 2.28 bits per heavy atom. The van der Waals surface area contributed by atoms with Crippen molar-refractivity contribution in [3.63, 3.8) is 0 Å². The number of carbonyl (C=O) groups is 1. The van der Waals surface area contributed by atoms with Gasteiger partial charge in [0.05, 0.1) is 0 Å². The Labute approximate surface area is 108 Å². The fourth-order valence-corrected chi connectivity index (χ4v) is 1.54. The lowest BCUT2D eigenvalue weighted by Crippen LogP contribution is -2.29. The Morgan fingerprint density at radius 3 is 2.94 bits per heavy atom. The molecule has 98 valence electrons. The number of nitrogens with one attached hydrogen (secondary N) is 1. The Morgan fingerprint density at radius 1 is 1.56 bits per heavy atom. The smallest absolute Gasteiger partial charge is 0.258 e. The van der Waals surface area contributed by atoms with Gasteiger partial charge in [-0.15, -0.1) is 6.58 Å². The van der Waals surface area contributed by atoms with Crippen molar-refractivity contribution in [1.29, 1.82) is 0 Å². The molecule has 4 nitrogen and oxygen atoms in total. The molecule has 0 aliphatic carbocycles. The molecule has 4 heteroatoms. The summed E-state index contributed by atoms with van der Waals surface area (Å²) in [6, 6.07) is 7.67. The van der Waals surface area contributed by atoms with Gasteiger partial charge in [0.2, 0.25) is 0 Å². The van der Waals surface area contributed by atoms with Crippen molar-refractivity contribution in [1.82, 2.24) is 5.32 Å². The van der Waals surface area contributed by atoms with Crippen LogP contribution in [-0.4, -0.2) is 25.1 Å². The maximum absolute atomic E-state index is 11.4. The molecule has 0 saturated carbocycles. The lowest BCUT2D eigenvalue weighted by Gasteiger charge is -2.12. The Hall–Kier alpha value is -1.81. The zero-order chi connectivity index (χ0) is 13.4. The SMILES string of the molecule is C=CCNC(=O)COc1ccccc1CC(C)N. The fourth-order valence-electron chi connectivity index (χ4n) is 1.54. The topological polar surface area (TPSA) is 64.3 Å². The van der Waals surface area contributed by atoms with Gasteiger partial charge in [0.25, 0.3) is 5.91 Å². The second kappa shape index (κ2) is 7.50.